The van der Waals surface area contributed by atoms with E-state index >= 15 is 0 Å². The van der Waals surface area contributed by atoms with Crippen molar-refractivity contribution in [3.8, 4) is 0 Å². The highest BCUT2D eigenvalue weighted by Gasteiger charge is 1.92. The number of anilines is 1. The van der Waals surface area contributed by atoms with Crippen molar-refractivity contribution in [3.63, 3.8) is 0 Å². The van der Waals surface area contributed by atoms with Crippen molar-refractivity contribution < 1.29 is 0 Å². The van der Waals surface area contributed by atoms with Gasteiger partial charge in [-0.1, -0.05) is 23.3 Å². The summed E-state index contributed by atoms with van der Waals surface area (Å²) in [5, 5.41) is 3.57. The highest BCUT2D eigenvalue weighted by atomic mass is 35.5. The van der Waals surface area contributed by atoms with Crippen molar-refractivity contribution in [1.82, 2.24) is 9.97 Å². The third-order valence-electron chi connectivity index (χ3n) is 1.62. The first-order valence-corrected chi connectivity index (χ1v) is 4.91. The summed E-state index contributed by atoms with van der Waals surface area (Å²) in [6.07, 6.45) is 6.33. The second-order valence-corrected chi connectivity index (χ2v) is 3.61. The SMILES string of the molecule is CC(C)=CCCNc1cnc(Cl)cn1. The molecule has 1 aromatic heterocycles. The predicted molar refractivity (Wildman–Crippen MR) is 59.6 cm³/mol. The Morgan fingerprint density at radius 1 is 1.43 bits per heavy atom. The van der Waals surface area contributed by atoms with Gasteiger partial charge in [0, 0.05) is 6.54 Å². The molecular weight excluding hydrogens is 198 g/mol. The average molecular weight is 212 g/mol. The largest absolute Gasteiger partial charge is 0.368 e. The monoisotopic (exact) mass is 211 g/mol. The molecule has 0 atom stereocenters. The van der Waals surface area contributed by atoms with E-state index in [-0.39, 0.29) is 0 Å². The molecule has 0 amide bonds. The van der Waals surface area contributed by atoms with E-state index in [2.05, 4.69) is 35.2 Å². The molecule has 0 aromatic carbocycles. The van der Waals surface area contributed by atoms with Crippen molar-refractivity contribution in [2.45, 2.75) is 20.3 Å². The molecule has 0 saturated carbocycles. The molecule has 14 heavy (non-hydrogen) atoms. The van der Waals surface area contributed by atoms with Crippen LogP contribution in [0.1, 0.15) is 20.3 Å². The van der Waals surface area contributed by atoms with Crippen molar-refractivity contribution in [1.29, 1.82) is 0 Å². The van der Waals surface area contributed by atoms with Crippen LogP contribution in [-0.4, -0.2) is 16.5 Å². The average Bonchev–Trinajstić information content (AvgIpc) is 2.15. The van der Waals surface area contributed by atoms with Crippen LogP contribution >= 0.6 is 11.6 Å². The van der Waals surface area contributed by atoms with Gasteiger partial charge < -0.3 is 5.32 Å². The minimum atomic E-state index is 0.417. The number of aromatic nitrogens is 2. The molecule has 4 heteroatoms. The van der Waals surface area contributed by atoms with Crippen LogP contribution in [-0.2, 0) is 0 Å². The fraction of sp³-hybridized carbons (Fsp3) is 0.400. The lowest BCUT2D eigenvalue weighted by atomic mass is 10.3. The van der Waals surface area contributed by atoms with Gasteiger partial charge in [-0.15, -0.1) is 0 Å². The Hall–Kier alpha value is -1.09. The first-order chi connectivity index (χ1) is 6.68. The van der Waals surface area contributed by atoms with Gasteiger partial charge in [-0.3, -0.25) is 0 Å². The minimum Gasteiger partial charge on any atom is -0.368 e. The third-order valence-corrected chi connectivity index (χ3v) is 1.82. The highest BCUT2D eigenvalue weighted by molar-refractivity contribution is 6.29. The number of hydrogen-bond donors (Lipinski definition) is 1. The Morgan fingerprint density at radius 2 is 2.21 bits per heavy atom. The maximum Gasteiger partial charge on any atom is 0.147 e. The first-order valence-electron chi connectivity index (χ1n) is 4.53. The maximum atomic E-state index is 5.60. The lowest BCUT2D eigenvalue weighted by Crippen LogP contribution is -2.02. The molecule has 3 nitrogen and oxygen atoms in total. The van der Waals surface area contributed by atoms with Gasteiger partial charge >= 0.3 is 0 Å². The van der Waals surface area contributed by atoms with E-state index in [9.17, 15) is 0 Å². The Kier molecular flexibility index (Phi) is 4.40. The summed E-state index contributed by atoms with van der Waals surface area (Å²) >= 11 is 5.60. The number of halogens is 1. The normalized spacial score (nSPS) is 9.64. The molecule has 0 bridgehead atoms. The van der Waals surface area contributed by atoms with Crippen LogP contribution in [0.15, 0.2) is 24.0 Å². The van der Waals surface area contributed by atoms with Crippen LogP contribution in [0.3, 0.4) is 0 Å². The van der Waals surface area contributed by atoms with Crippen molar-refractivity contribution in [2.75, 3.05) is 11.9 Å². The topological polar surface area (TPSA) is 37.8 Å². The molecule has 1 aromatic rings. The Morgan fingerprint density at radius 3 is 2.79 bits per heavy atom. The second kappa shape index (κ2) is 5.60. The standard InChI is InChI=1S/C10H14ClN3/c1-8(2)4-3-5-12-10-7-13-9(11)6-14-10/h4,6-7H,3,5H2,1-2H3,(H,12,14). The van der Waals surface area contributed by atoms with Gasteiger partial charge in [0.05, 0.1) is 12.4 Å². The second-order valence-electron chi connectivity index (χ2n) is 3.22. The van der Waals surface area contributed by atoms with Gasteiger partial charge in [-0.2, -0.15) is 0 Å². The molecule has 76 valence electrons. The Bertz CT molecular complexity index is 302. The van der Waals surface area contributed by atoms with Crippen molar-refractivity contribution in [2.24, 2.45) is 0 Å². The molecule has 1 rings (SSSR count). The minimum absolute atomic E-state index is 0.417. The van der Waals surface area contributed by atoms with Crippen LogP contribution in [0.25, 0.3) is 0 Å². The quantitative estimate of drug-likeness (QED) is 0.615. The van der Waals surface area contributed by atoms with E-state index in [1.807, 2.05) is 0 Å². The predicted octanol–water partition coefficient (Wildman–Crippen LogP) is 2.90. The summed E-state index contributed by atoms with van der Waals surface area (Å²) in [4.78, 5) is 7.99. The molecule has 0 saturated heterocycles. The lowest BCUT2D eigenvalue weighted by molar-refractivity contribution is 1.02. The summed E-state index contributed by atoms with van der Waals surface area (Å²) in [5.41, 5.74) is 1.33. The van der Waals surface area contributed by atoms with E-state index in [0.717, 1.165) is 18.8 Å². The molecule has 0 aliphatic heterocycles. The van der Waals surface area contributed by atoms with Crippen LogP contribution in [0.4, 0.5) is 5.82 Å². The molecule has 1 N–H and O–H groups in total. The molecule has 0 fully saturated rings. The zero-order valence-corrected chi connectivity index (χ0v) is 9.17. The number of allylic oxidation sites excluding steroid dienone is 1. The zero-order valence-electron chi connectivity index (χ0n) is 8.42. The molecule has 0 unspecified atom stereocenters. The van der Waals surface area contributed by atoms with Crippen molar-refractivity contribution in [3.05, 3.63) is 29.2 Å². The maximum absolute atomic E-state index is 5.60. The van der Waals surface area contributed by atoms with Crippen LogP contribution in [0.2, 0.25) is 5.15 Å². The summed E-state index contributed by atoms with van der Waals surface area (Å²) in [5.74, 6) is 0.761. The number of hydrogen-bond acceptors (Lipinski definition) is 3. The summed E-state index contributed by atoms with van der Waals surface area (Å²) in [7, 11) is 0. The smallest absolute Gasteiger partial charge is 0.147 e. The Labute approximate surface area is 89.2 Å². The Balaban J connectivity index is 2.32. The highest BCUT2D eigenvalue weighted by Crippen LogP contribution is 2.05. The molecule has 1 heterocycles. The third kappa shape index (κ3) is 4.23. The fourth-order valence-electron chi connectivity index (χ4n) is 0.965. The summed E-state index contributed by atoms with van der Waals surface area (Å²) in [6.45, 7) is 5.03. The first kappa shape index (κ1) is 11.0. The number of rotatable bonds is 4. The molecule has 0 radical (unpaired) electrons. The molecule has 0 spiro atoms. The van der Waals surface area contributed by atoms with E-state index in [1.165, 1.54) is 11.8 Å². The number of nitrogens with zero attached hydrogens (tertiary/aromatic N) is 2. The lowest BCUT2D eigenvalue weighted by Gasteiger charge is -2.02. The van der Waals surface area contributed by atoms with Gasteiger partial charge in [-0.05, 0) is 20.3 Å². The van der Waals surface area contributed by atoms with Gasteiger partial charge in [0.1, 0.15) is 11.0 Å². The van der Waals surface area contributed by atoms with Gasteiger partial charge in [0.15, 0.2) is 0 Å². The van der Waals surface area contributed by atoms with Crippen molar-refractivity contribution >= 4 is 17.4 Å². The zero-order chi connectivity index (χ0) is 10.4. The summed E-state index contributed by atoms with van der Waals surface area (Å²) in [6, 6.07) is 0. The fourth-order valence-corrected chi connectivity index (χ4v) is 1.06. The van der Waals surface area contributed by atoms with E-state index < -0.39 is 0 Å². The van der Waals surface area contributed by atoms with Crippen LogP contribution in [0, 0.1) is 0 Å². The van der Waals surface area contributed by atoms with E-state index in [1.54, 1.807) is 6.20 Å². The van der Waals surface area contributed by atoms with Crippen LogP contribution in [0.5, 0.6) is 0 Å². The van der Waals surface area contributed by atoms with Gasteiger partial charge in [0.25, 0.3) is 0 Å². The van der Waals surface area contributed by atoms with E-state index in [4.69, 9.17) is 11.6 Å². The van der Waals surface area contributed by atoms with E-state index in [0.29, 0.717) is 5.15 Å². The molecule has 0 aliphatic carbocycles. The summed E-state index contributed by atoms with van der Waals surface area (Å²) < 4.78 is 0. The molecule has 0 aliphatic rings. The van der Waals surface area contributed by atoms with Crippen LogP contribution < -0.4 is 5.32 Å². The number of nitrogens with one attached hydrogen (secondary N) is 1. The molecular formula is C10H14ClN3. The van der Waals surface area contributed by atoms with Gasteiger partial charge in [0.2, 0.25) is 0 Å². The van der Waals surface area contributed by atoms with Gasteiger partial charge in [-0.25, -0.2) is 9.97 Å².